The Morgan fingerprint density at radius 3 is 2.36 bits per heavy atom. The molecular formula is C18H31N3O3S. The molecule has 0 heterocycles. The normalized spacial score (nSPS) is 12.8. The first-order valence-electron chi connectivity index (χ1n) is 8.48. The van der Waals surface area contributed by atoms with Crippen LogP contribution >= 0.6 is 0 Å². The average Bonchev–Trinajstić information content (AvgIpc) is 2.56. The summed E-state index contributed by atoms with van der Waals surface area (Å²) >= 11 is 0. The molecule has 0 unspecified atom stereocenters. The predicted molar refractivity (Wildman–Crippen MR) is 104 cm³/mol. The number of hydrogen-bond donors (Lipinski definition) is 2. The van der Waals surface area contributed by atoms with Crippen LogP contribution in [-0.2, 0) is 16.4 Å². The lowest BCUT2D eigenvalue weighted by Crippen LogP contribution is -2.42. The summed E-state index contributed by atoms with van der Waals surface area (Å²) in [4.78, 5) is 4.59. The van der Waals surface area contributed by atoms with Gasteiger partial charge in [-0.1, -0.05) is 26.0 Å². The molecule has 0 aliphatic carbocycles. The molecule has 0 bridgehead atoms. The van der Waals surface area contributed by atoms with Gasteiger partial charge in [0.15, 0.2) is 5.96 Å². The molecule has 0 amide bonds. The van der Waals surface area contributed by atoms with Crippen molar-refractivity contribution in [1.82, 2.24) is 10.6 Å². The molecule has 0 atom stereocenters. The molecule has 7 heteroatoms. The summed E-state index contributed by atoms with van der Waals surface area (Å²) in [6.45, 7) is 8.09. The number of methoxy groups -OCH3 is 1. The quantitative estimate of drug-likeness (QED) is 0.515. The first-order valence-corrected chi connectivity index (χ1v) is 10.5. The Morgan fingerprint density at radius 1 is 1.20 bits per heavy atom. The lowest BCUT2D eigenvalue weighted by atomic mass is 9.90. The van der Waals surface area contributed by atoms with E-state index in [9.17, 15) is 8.42 Å². The van der Waals surface area contributed by atoms with Crippen LogP contribution in [0.2, 0.25) is 0 Å². The first-order chi connectivity index (χ1) is 11.6. The van der Waals surface area contributed by atoms with Crippen molar-refractivity contribution < 1.29 is 13.2 Å². The van der Waals surface area contributed by atoms with Crippen LogP contribution in [0, 0.1) is 5.41 Å². The zero-order valence-corrected chi connectivity index (χ0v) is 16.7. The average molecular weight is 370 g/mol. The van der Waals surface area contributed by atoms with Gasteiger partial charge in [0.2, 0.25) is 0 Å². The molecule has 25 heavy (non-hydrogen) atoms. The molecule has 0 spiro atoms. The smallest absolute Gasteiger partial charge is 0.191 e. The van der Waals surface area contributed by atoms with E-state index in [1.807, 2.05) is 31.2 Å². The molecule has 142 valence electrons. The van der Waals surface area contributed by atoms with Crippen molar-refractivity contribution in [1.29, 1.82) is 0 Å². The molecule has 0 radical (unpaired) electrons. The van der Waals surface area contributed by atoms with Gasteiger partial charge in [0.05, 0.1) is 19.4 Å². The van der Waals surface area contributed by atoms with Crippen molar-refractivity contribution in [3.63, 3.8) is 0 Å². The van der Waals surface area contributed by atoms with Gasteiger partial charge in [-0.25, -0.2) is 13.4 Å². The summed E-state index contributed by atoms with van der Waals surface area (Å²) in [7, 11) is -1.30. The Balaban J connectivity index is 2.62. The fraction of sp³-hybridized carbons (Fsp3) is 0.611. The van der Waals surface area contributed by atoms with Gasteiger partial charge < -0.3 is 15.4 Å². The topological polar surface area (TPSA) is 79.8 Å². The van der Waals surface area contributed by atoms with Crippen LogP contribution < -0.4 is 15.4 Å². The van der Waals surface area contributed by atoms with Gasteiger partial charge in [0, 0.05) is 19.3 Å². The fourth-order valence-electron chi connectivity index (χ4n) is 2.12. The highest BCUT2D eigenvalue weighted by Crippen LogP contribution is 2.19. The highest BCUT2D eigenvalue weighted by molar-refractivity contribution is 7.90. The summed E-state index contributed by atoms with van der Waals surface area (Å²) < 4.78 is 27.9. The van der Waals surface area contributed by atoms with Gasteiger partial charge in [0.1, 0.15) is 15.6 Å². The van der Waals surface area contributed by atoms with Gasteiger partial charge in [-0.2, -0.15) is 0 Å². The number of ether oxygens (including phenoxy) is 1. The molecule has 1 aromatic carbocycles. The third-order valence-corrected chi connectivity index (χ3v) is 4.75. The summed E-state index contributed by atoms with van der Waals surface area (Å²) in [5.74, 6) is 1.75. The molecule has 1 rings (SSSR count). The highest BCUT2D eigenvalue weighted by Gasteiger charge is 2.20. The molecule has 0 saturated carbocycles. The zero-order chi connectivity index (χ0) is 18.9. The molecular weight excluding hydrogens is 338 g/mol. The molecule has 1 aromatic rings. The van der Waals surface area contributed by atoms with Gasteiger partial charge in [-0.3, -0.25) is 0 Å². The van der Waals surface area contributed by atoms with E-state index in [4.69, 9.17) is 4.74 Å². The molecule has 0 aromatic heterocycles. The summed E-state index contributed by atoms with van der Waals surface area (Å²) in [5.41, 5.74) is 0.952. The van der Waals surface area contributed by atoms with Crippen LogP contribution in [0.4, 0.5) is 0 Å². The predicted octanol–water partition coefficient (Wildman–Crippen LogP) is 2.21. The second-order valence-corrected chi connectivity index (χ2v) is 9.20. The van der Waals surface area contributed by atoms with E-state index in [0.717, 1.165) is 23.8 Å². The van der Waals surface area contributed by atoms with Gasteiger partial charge in [-0.15, -0.1) is 0 Å². The highest BCUT2D eigenvalue weighted by atomic mass is 32.2. The van der Waals surface area contributed by atoms with Crippen LogP contribution in [0.1, 0.15) is 32.8 Å². The largest absolute Gasteiger partial charge is 0.497 e. The van der Waals surface area contributed by atoms with Gasteiger partial charge in [0.25, 0.3) is 0 Å². The van der Waals surface area contributed by atoms with Crippen molar-refractivity contribution in [2.75, 3.05) is 32.2 Å². The summed E-state index contributed by atoms with van der Waals surface area (Å²) in [6, 6.07) is 7.81. The Bertz CT molecular complexity index is 653. The van der Waals surface area contributed by atoms with Crippen molar-refractivity contribution in [2.45, 2.75) is 33.7 Å². The third-order valence-electron chi connectivity index (χ3n) is 3.81. The molecule has 0 aliphatic rings. The number of sulfone groups is 1. The Morgan fingerprint density at radius 2 is 1.84 bits per heavy atom. The molecule has 0 aliphatic heterocycles. The molecule has 2 N–H and O–H groups in total. The second kappa shape index (κ2) is 9.65. The maximum Gasteiger partial charge on any atom is 0.191 e. The van der Waals surface area contributed by atoms with E-state index in [0.29, 0.717) is 19.5 Å². The van der Waals surface area contributed by atoms with Gasteiger partial charge in [-0.05, 0) is 36.5 Å². The van der Waals surface area contributed by atoms with Crippen LogP contribution in [0.3, 0.4) is 0 Å². The second-order valence-electron chi connectivity index (χ2n) is 6.94. The van der Waals surface area contributed by atoms with E-state index in [-0.39, 0.29) is 11.2 Å². The van der Waals surface area contributed by atoms with Gasteiger partial charge >= 0.3 is 0 Å². The number of nitrogens with zero attached hydrogens (tertiary/aromatic N) is 1. The van der Waals surface area contributed by atoms with Crippen molar-refractivity contribution >= 4 is 15.8 Å². The van der Waals surface area contributed by atoms with Crippen molar-refractivity contribution in [2.24, 2.45) is 10.4 Å². The maximum atomic E-state index is 11.4. The lowest BCUT2D eigenvalue weighted by molar-refractivity contribution is 0.348. The van der Waals surface area contributed by atoms with E-state index < -0.39 is 9.84 Å². The fourth-order valence-corrected chi connectivity index (χ4v) is 3.04. The number of rotatable bonds is 9. The SMILES string of the molecule is CCNC(=NCc1ccc(OC)cc1)NCC(C)(C)CCS(C)(=O)=O. The van der Waals surface area contributed by atoms with Crippen LogP contribution in [0.5, 0.6) is 5.75 Å². The number of aliphatic imine (C=N–C) groups is 1. The monoisotopic (exact) mass is 369 g/mol. The summed E-state index contributed by atoms with van der Waals surface area (Å²) in [5, 5.41) is 6.53. The minimum absolute atomic E-state index is 0.139. The van der Waals surface area contributed by atoms with E-state index in [1.165, 1.54) is 6.26 Å². The van der Waals surface area contributed by atoms with Crippen molar-refractivity contribution in [3.05, 3.63) is 29.8 Å². The molecule has 0 fully saturated rings. The standard InChI is InChI=1S/C18H31N3O3S/c1-6-19-17(20-13-15-7-9-16(24-4)10-8-15)21-14-18(2,3)11-12-25(5,22)23/h7-10H,6,11-14H2,1-5H3,(H2,19,20,21). The summed E-state index contributed by atoms with van der Waals surface area (Å²) in [6.07, 6.45) is 1.88. The van der Waals surface area contributed by atoms with Crippen LogP contribution in [0.25, 0.3) is 0 Å². The minimum atomic E-state index is -2.94. The first kappa shape index (κ1) is 21.3. The zero-order valence-electron chi connectivity index (χ0n) is 15.9. The minimum Gasteiger partial charge on any atom is -0.497 e. The van der Waals surface area contributed by atoms with Crippen molar-refractivity contribution in [3.8, 4) is 5.75 Å². The Hall–Kier alpha value is -1.76. The maximum absolute atomic E-state index is 11.4. The van der Waals surface area contributed by atoms with E-state index in [1.54, 1.807) is 7.11 Å². The third kappa shape index (κ3) is 9.34. The number of benzene rings is 1. The number of hydrogen-bond acceptors (Lipinski definition) is 4. The molecule has 6 nitrogen and oxygen atoms in total. The van der Waals surface area contributed by atoms with Crippen LogP contribution in [0.15, 0.2) is 29.3 Å². The Labute approximate surface area is 152 Å². The number of nitrogens with one attached hydrogen (secondary N) is 2. The molecule has 0 saturated heterocycles. The Kier molecular flexibility index (Phi) is 8.22. The number of guanidine groups is 1. The van der Waals surface area contributed by atoms with E-state index >= 15 is 0 Å². The van der Waals surface area contributed by atoms with E-state index in [2.05, 4.69) is 29.5 Å². The van der Waals surface area contributed by atoms with Crippen LogP contribution in [-0.4, -0.2) is 46.6 Å². The lowest BCUT2D eigenvalue weighted by Gasteiger charge is -2.25.